The number of rotatable bonds is 2. The largest absolute Gasteiger partial charge is 0.378 e. The van der Waals surface area contributed by atoms with Gasteiger partial charge in [0.05, 0.1) is 13.2 Å². The van der Waals surface area contributed by atoms with Gasteiger partial charge in [-0.3, -0.25) is 0 Å². The van der Waals surface area contributed by atoms with Gasteiger partial charge in [0.2, 0.25) is 0 Å². The van der Waals surface area contributed by atoms with Crippen molar-refractivity contribution in [3.63, 3.8) is 0 Å². The molecule has 0 bridgehead atoms. The van der Waals surface area contributed by atoms with Gasteiger partial charge in [-0.1, -0.05) is 30.3 Å². The van der Waals surface area contributed by atoms with Crippen LogP contribution in [-0.2, 0) is 11.3 Å². The molecular weight excluding hydrogens is 220 g/mol. The molecule has 0 aliphatic carbocycles. The summed E-state index contributed by atoms with van der Waals surface area (Å²) in [5.74, 6) is 0. The van der Waals surface area contributed by atoms with Gasteiger partial charge in [0.1, 0.15) is 0 Å². The minimum absolute atomic E-state index is 0.735. The van der Waals surface area contributed by atoms with E-state index in [2.05, 4.69) is 22.3 Å². The molecule has 1 fully saturated rings. The topological polar surface area (TPSA) is 24.5 Å². The van der Waals surface area contributed by atoms with Crippen molar-refractivity contribution in [2.75, 3.05) is 26.3 Å². The molecule has 1 aliphatic rings. The number of thiocarbonyl (C=S) groups is 1. The number of nitrogens with zero attached hydrogens (tertiary/aromatic N) is 1. The summed E-state index contributed by atoms with van der Waals surface area (Å²) in [5.41, 5.74) is 1.27. The van der Waals surface area contributed by atoms with Gasteiger partial charge < -0.3 is 15.0 Å². The van der Waals surface area contributed by atoms with Crippen molar-refractivity contribution in [3.8, 4) is 0 Å². The molecule has 1 aromatic rings. The second-order valence-electron chi connectivity index (χ2n) is 3.75. The molecule has 86 valence electrons. The molecule has 1 heterocycles. The van der Waals surface area contributed by atoms with Crippen LogP contribution in [0.4, 0.5) is 0 Å². The molecular formula is C12H16N2OS. The van der Waals surface area contributed by atoms with Crippen LogP contribution in [0, 0.1) is 0 Å². The summed E-state index contributed by atoms with van der Waals surface area (Å²) in [6.07, 6.45) is 0. The van der Waals surface area contributed by atoms with E-state index >= 15 is 0 Å². The Labute approximate surface area is 101 Å². The van der Waals surface area contributed by atoms with Crippen LogP contribution >= 0.6 is 12.2 Å². The number of hydrogen-bond acceptors (Lipinski definition) is 2. The molecule has 0 aromatic heterocycles. The van der Waals surface area contributed by atoms with Crippen LogP contribution in [0.25, 0.3) is 0 Å². The van der Waals surface area contributed by atoms with Crippen molar-refractivity contribution in [2.24, 2.45) is 0 Å². The predicted octanol–water partition coefficient (Wildman–Crippen LogP) is 1.39. The smallest absolute Gasteiger partial charge is 0.169 e. The van der Waals surface area contributed by atoms with Crippen LogP contribution in [0.1, 0.15) is 5.56 Å². The van der Waals surface area contributed by atoms with E-state index in [-0.39, 0.29) is 0 Å². The molecule has 0 saturated carbocycles. The summed E-state index contributed by atoms with van der Waals surface area (Å²) < 4.78 is 5.43. The van der Waals surface area contributed by atoms with E-state index in [4.69, 9.17) is 17.0 Å². The van der Waals surface area contributed by atoms with E-state index in [9.17, 15) is 0 Å². The highest BCUT2D eigenvalue weighted by atomic mass is 32.1. The normalized spacial score (nSPS) is 17.5. The second-order valence-corrected chi connectivity index (χ2v) is 4.14. The third-order valence-electron chi connectivity index (χ3n) is 2.53. The standard InChI is InChI=1S/C12H16N2OS/c16-12-13-6-8-15-9-7-14(12)10-11-4-2-1-3-5-11/h1-5H,6-10H2,(H,13,16). The van der Waals surface area contributed by atoms with E-state index in [0.29, 0.717) is 0 Å². The van der Waals surface area contributed by atoms with Crippen LogP contribution in [0.3, 0.4) is 0 Å². The Balaban J connectivity index is 1.98. The molecule has 1 aromatic carbocycles. The Hall–Kier alpha value is -1.13. The van der Waals surface area contributed by atoms with Crippen molar-refractivity contribution < 1.29 is 4.74 Å². The van der Waals surface area contributed by atoms with Crippen molar-refractivity contribution in [1.82, 2.24) is 10.2 Å². The molecule has 16 heavy (non-hydrogen) atoms. The molecule has 0 radical (unpaired) electrons. The summed E-state index contributed by atoms with van der Waals surface area (Å²) >= 11 is 5.33. The average Bonchev–Trinajstić information content (AvgIpc) is 2.30. The molecule has 4 heteroatoms. The SMILES string of the molecule is S=C1NCCOCCN1Cc1ccccc1. The number of hydrogen-bond donors (Lipinski definition) is 1. The van der Waals surface area contributed by atoms with Crippen molar-refractivity contribution in [1.29, 1.82) is 0 Å². The van der Waals surface area contributed by atoms with Gasteiger partial charge in [0.25, 0.3) is 0 Å². The maximum absolute atomic E-state index is 5.43. The molecule has 1 aliphatic heterocycles. The van der Waals surface area contributed by atoms with Gasteiger partial charge >= 0.3 is 0 Å². The summed E-state index contributed by atoms with van der Waals surface area (Å²) in [7, 11) is 0. The fourth-order valence-electron chi connectivity index (χ4n) is 1.67. The minimum Gasteiger partial charge on any atom is -0.378 e. The molecule has 0 amide bonds. The lowest BCUT2D eigenvalue weighted by atomic mass is 10.2. The predicted molar refractivity (Wildman–Crippen MR) is 68.3 cm³/mol. The van der Waals surface area contributed by atoms with Gasteiger partial charge in [0.15, 0.2) is 5.11 Å². The maximum atomic E-state index is 5.43. The Morgan fingerprint density at radius 1 is 1.25 bits per heavy atom. The second kappa shape index (κ2) is 5.82. The number of ether oxygens (including phenoxy) is 1. The fraction of sp³-hybridized carbons (Fsp3) is 0.417. The van der Waals surface area contributed by atoms with Gasteiger partial charge in [-0.05, 0) is 17.8 Å². The van der Waals surface area contributed by atoms with E-state index in [1.165, 1.54) is 5.56 Å². The fourth-order valence-corrected chi connectivity index (χ4v) is 1.93. The van der Waals surface area contributed by atoms with Crippen molar-refractivity contribution in [3.05, 3.63) is 35.9 Å². The summed E-state index contributed by atoms with van der Waals surface area (Å²) in [6.45, 7) is 3.97. The van der Waals surface area contributed by atoms with Crippen molar-refractivity contribution >= 4 is 17.3 Å². The molecule has 0 unspecified atom stereocenters. The monoisotopic (exact) mass is 236 g/mol. The first kappa shape index (κ1) is 11.4. The average molecular weight is 236 g/mol. The zero-order chi connectivity index (χ0) is 11.2. The van der Waals surface area contributed by atoms with Gasteiger partial charge in [-0.2, -0.15) is 0 Å². The molecule has 2 rings (SSSR count). The van der Waals surface area contributed by atoms with E-state index in [0.717, 1.165) is 38.0 Å². The zero-order valence-corrected chi connectivity index (χ0v) is 10.0. The van der Waals surface area contributed by atoms with Crippen molar-refractivity contribution in [2.45, 2.75) is 6.54 Å². The lowest BCUT2D eigenvalue weighted by molar-refractivity contribution is 0.114. The number of benzene rings is 1. The first-order valence-electron chi connectivity index (χ1n) is 5.51. The third kappa shape index (κ3) is 3.18. The lowest BCUT2D eigenvalue weighted by Crippen LogP contribution is -2.44. The Kier molecular flexibility index (Phi) is 4.13. The van der Waals surface area contributed by atoms with Gasteiger partial charge in [-0.15, -0.1) is 0 Å². The lowest BCUT2D eigenvalue weighted by Gasteiger charge is -2.28. The van der Waals surface area contributed by atoms with E-state index in [1.807, 2.05) is 18.2 Å². The molecule has 3 nitrogen and oxygen atoms in total. The highest BCUT2D eigenvalue weighted by Gasteiger charge is 2.11. The number of nitrogens with one attached hydrogen (secondary N) is 1. The summed E-state index contributed by atoms with van der Waals surface area (Å²) in [6, 6.07) is 10.3. The van der Waals surface area contributed by atoms with E-state index < -0.39 is 0 Å². The van der Waals surface area contributed by atoms with E-state index in [1.54, 1.807) is 0 Å². The van der Waals surface area contributed by atoms with Crippen LogP contribution < -0.4 is 5.32 Å². The third-order valence-corrected chi connectivity index (χ3v) is 2.93. The Morgan fingerprint density at radius 2 is 2.06 bits per heavy atom. The maximum Gasteiger partial charge on any atom is 0.169 e. The zero-order valence-electron chi connectivity index (χ0n) is 9.19. The highest BCUT2D eigenvalue weighted by molar-refractivity contribution is 7.80. The highest BCUT2D eigenvalue weighted by Crippen LogP contribution is 2.05. The van der Waals surface area contributed by atoms with Crippen LogP contribution in [0.5, 0.6) is 0 Å². The molecule has 0 spiro atoms. The first-order valence-corrected chi connectivity index (χ1v) is 5.91. The molecule has 1 saturated heterocycles. The van der Waals surface area contributed by atoms with Gasteiger partial charge in [0, 0.05) is 19.6 Å². The Bertz CT molecular complexity index is 342. The quantitative estimate of drug-likeness (QED) is 0.784. The molecule has 1 N–H and O–H groups in total. The first-order chi connectivity index (χ1) is 7.86. The Morgan fingerprint density at radius 3 is 2.88 bits per heavy atom. The van der Waals surface area contributed by atoms with Gasteiger partial charge in [-0.25, -0.2) is 0 Å². The summed E-state index contributed by atoms with van der Waals surface area (Å²) in [4.78, 5) is 2.14. The summed E-state index contributed by atoms with van der Waals surface area (Å²) in [5, 5.41) is 4.01. The van der Waals surface area contributed by atoms with Crippen LogP contribution in [0.2, 0.25) is 0 Å². The van der Waals surface area contributed by atoms with Crippen LogP contribution in [-0.4, -0.2) is 36.3 Å². The molecule has 0 atom stereocenters. The minimum atomic E-state index is 0.735. The van der Waals surface area contributed by atoms with Crippen LogP contribution in [0.15, 0.2) is 30.3 Å².